The number of hydrogen-bond acceptors (Lipinski definition) is 7. The summed E-state index contributed by atoms with van der Waals surface area (Å²) in [7, 11) is 1.56. The summed E-state index contributed by atoms with van der Waals surface area (Å²) in [4.78, 5) is 41.2. The van der Waals surface area contributed by atoms with Gasteiger partial charge in [0, 0.05) is 11.7 Å². The van der Waals surface area contributed by atoms with Gasteiger partial charge in [-0.25, -0.2) is 0 Å². The molecule has 1 aliphatic carbocycles. The second-order valence-corrected chi connectivity index (χ2v) is 9.94. The van der Waals surface area contributed by atoms with Crippen LogP contribution in [0.25, 0.3) is 0 Å². The van der Waals surface area contributed by atoms with Crippen molar-refractivity contribution in [3.05, 3.63) is 70.2 Å². The molecule has 2 aromatic carbocycles. The minimum Gasteiger partial charge on any atom is -0.497 e. The van der Waals surface area contributed by atoms with Crippen molar-refractivity contribution in [2.75, 3.05) is 17.7 Å². The van der Waals surface area contributed by atoms with Gasteiger partial charge in [-0.15, -0.1) is 0 Å². The van der Waals surface area contributed by atoms with Crippen molar-refractivity contribution in [2.24, 2.45) is 5.73 Å². The molecule has 10 heteroatoms. The van der Waals surface area contributed by atoms with Crippen molar-refractivity contribution in [1.29, 1.82) is 0 Å². The maximum absolute atomic E-state index is 14.1. The summed E-state index contributed by atoms with van der Waals surface area (Å²) in [5, 5.41) is 3.17. The minimum atomic E-state index is -1.01. The van der Waals surface area contributed by atoms with Gasteiger partial charge in [0.25, 0.3) is 11.8 Å². The average molecular weight is 522 g/mol. The Morgan fingerprint density at radius 1 is 1.05 bits per heavy atom. The third-order valence-electron chi connectivity index (χ3n) is 6.58. The molecule has 1 unspecified atom stereocenters. The molecule has 1 saturated carbocycles. The van der Waals surface area contributed by atoms with Crippen molar-refractivity contribution >= 4 is 40.6 Å². The van der Waals surface area contributed by atoms with Gasteiger partial charge in [0.1, 0.15) is 16.7 Å². The number of anilines is 2. The van der Waals surface area contributed by atoms with E-state index in [4.69, 9.17) is 16.2 Å². The molecule has 1 atom stereocenters. The van der Waals surface area contributed by atoms with E-state index in [1.165, 1.54) is 4.90 Å². The van der Waals surface area contributed by atoms with E-state index in [2.05, 4.69) is 9.69 Å². The summed E-state index contributed by atoms with van der Waals surface area (Å²) in [5.74, 6) is -1.05. The Morgan fingerprint density at radius 2 is 1.70 bits per heavy atom. The first-order valence-electron chi connectivity index (χ1n) is 12.2. The second-order valence-electron chi connectivity index (χ2n) is 9.17. The lowest BCUT2D eigenvalue weighted by Crippen LogP contribution is -2.47. The number of nitrogens with two attached hydrogens (primary N) is 2. The molecule has 4 rings (SSSR count). The number of methoxy groups -OCH3 is 1. The fraction of sp³-hybridized carbons (Fsp3) is 0.333. The number of nitrogen functional groups attached to an aromatic ring is 1. The number of aromatic nitrogens is 1. The number of benzene rings is 2. The van der Waals surface area contributed by atoms with E-state index in [0.29, 0.717) is 17.0 Å². The van der Waals surface area contributed by atoms with Gasteiger partial charge in [-0.3, -0.25) is 19.3 Å². The van der Waals surface area contributed by atoms with Crippen LogP contribution in [0.15, 0.2) is 48.5 Å². The first-order valence-corrected chi connectivity index (χ1v) is 13.0. The molecule has 0 spiro atoms. The first kappa shape index (κ1) is 26.2. The summed E-state index contributed by atoms with van der Waals surface area (Å²) < 4.78 is 9.30. The lowest BCUT2D eigenvalue weighted by Gasteiger charge is -2.33. The number of primary amides is 1. The Kier molecular flexibility index (Phi) is 8.08. The highest BCUT2D eigenvalue weighted by atomic mass is 32.1. The molecule has 3 aromatic rings. The third-order valence-corrected chi connectivity index (χ3v) is 7.43. The predicted molar refractivity (Wildman–Crippen MR) is 144 cm³/mol. The van der Waals surface area contributed by atoms with Gasteiger partial charge in [0.2, 0.25) is 5.91 Å². The quantitative estimate of drug-likeness (QED) is 0.410. The molecule has 0 aliphatic heterocycles. The Bertz CT molecular complexity index is 1270. The van der Waals surface area contributed by atoms with Crippen LogP contribution in [0.5, 0.6) is 5.75 Å². The minimum absolute atomic E-state index is 0.0342. The normalized spacial score (nSPS) is 14.5. The van der Waals surface area contributed by atoms with Crippen LogP contribution in [0.1, 0.15) is 69.4 Å². The fourth-order valence-electron chi connectivity index (χ4n) is 4.56. The van der Waals surface area contributed by atoms with E-state index in [-0.39, 0.29) is 28.2 Å². The molecular formula is C27H31N5O4S. The molecule has 1 aliphatic rings. The van der Waals surface area contributed by atoms with Crippen LogP contribution in [0, 0.1) is 6.92 Å². The van der Waals surface area contributed by atoms with Crippen LogP contribution >= 0.6 is 11.5 Å². The topological polar surface area (TPSA) is 141 Å². The maximum atomic E-state index is 14.1. The lowest BCUT2D eigenvalue weighted by atomic mass is 9.94. The first-order chi connectivity index (χ1) is 17.8. The largest absolute Gasteiger partial charge is 0.497 e. The third kappa shape index (κ3) is 5.75. The van der Waals surface area contributed by atoms with Crippen LogP contribution < -0.4 is 26.4 Å². The highest BCUT2D eigenvalue weighted by Gasteiger charge is 2.37. The standard InChI is InChI=1S/C27H31N5O4S/c1-16-8-12-19(13-9-16)32(27(35)24-21(28)22(25(29)33)31-37-24)23(17-10-14-20(36-2)15-11-17)26(34)30-18-6-4-3-5-7-18/h8-15,18,23H,3-7,28H2,1-2H3,(H2,29,33)(H,30,34). The van der Waals surface area contributed by atoms with Crippen LogP contribution in [0.2, 0.25) is 0 Å². The molecule has 1 aromatic heterocycles. The van der Waals surface area contributed by atoms with Gasteiger partial charge in [-0.1, -0.05) is 49.1 Å². The monoisotopic (exact) mass is 521 g/mol. The van der Waals surface area contributed by atoms with Crippen LogP contribution in [-0.4, -0.2) is 35.2 Å². The van der Waals surface area contributed by atoms with E-state index >= 15 is 0 Å². The molecule has 5 N–H and O–H groups in total. The second kappa shape index (κ2) is 11.4. The number of ether oxygens (including phenoxy) is 1. The zero-order chi connectivity index (χ0) is 26.5. The van der Waals surface area contributed by atoms with Crippen LogP contribution in [0.4, 0.5) is 11.4 Å². The maximum Gasteiger partial charge on any atom is 0.273 e. The predicted octanol–water partition coefficient (Wildman–Crippen LogP) is 3.98. The molecule has 37 heavy (non-hydrogen) atoms. The Balaban J connectivity index is 1.83. The van der Waals surface area contributed by atoms with Gasteiger partial charge >= 0.3 is 0 Å². The summed E-state index contributed by atoms with van der Waals surface area (Å²) in [5.41, 5.74) is 13.4. The summed E-state index contributed by atoms with van der Waals surface area (Å²) >= 11 is 0.786. The van der Waals surface area contributed by atoms with Crippen molar-refractivity contribution in [3.63, 3.8) is 0 Å². The highest BCUT2D eigenvalue weighted by Crippen LogP contribution is 2.34. The van der Waals surface area contributed by atoms with E-state index in [1.54, 1.807) is 43.5 Å². The van der Waals surface area contributed by atoms with Gasteiger partial charge < -0.3 is 21.5 Å². The number of carbonyl (C=O) groups excluding carboxylic acids is 3. The molecule has 1 heterocycles. The lowest BCUT2D eigenvalue weighted by molar-refractivity contribution is -0.123. The van der Waals surface area contributed by atoms with Crippen molar-refractivity contribution in [3.8, 4) is 5.75 Å². The molecule has 3 amide bonds. The van der Waals surface area contributed by atoms with Gasteiger partial charge in [-0.05, 0) is 61.1 Å². The summed E-state index contributed by atoms with van der Waals surface area (Å²) in [6, 6.07) is 13.4. The number of nitrogens with zero attached hydrogens (tertiary/aromatic N) is 2. The van der Waals surface area contributed by atoms with Crippen LogP contribution in [-0.2, 0) is 4.79 Å². The smallest absolute Gasteiger partial charge is 0.273 e. The van der Waals surface area contributed by atoms with Gasteiger partial charge in [0.15, 0.2) is 5.69 Å². The summed E-state index contributed by atoms with van der Waals surface area (Å²) in [6.45, 7) is 1.94. The summed E-state index contributed by atoms with van der Waals surface area (Å²) in [6.07, 6.45) is 5.03. The number of carbonyl (C=O) groups is 3. The Hall–Kier alpha value is -3.92. The highest BCUT2D eigenvalue weighted by molar-refractivity contribution is 7.09. The van der Waals surface area contributed by atoms with Crippen molar-refractivity contribution in [1.82, 2.24) is 9.69 Å². The zero-order valence-electron chi connectivity index (χ0n) is 20.9. The number of aryl methyl sites for hydroxylation is 1. The van der Waals surface area contributed by atoms with E-state index < -0.39 is 17.9 Å². The van der Waals surface area contributed by atoms with E-state index in [0.717, 1.165) is 49.2 Å². The molecule has 9 nitrogen and oxygen atoms in total. The van der Waals surface area contributed by atoms with E-state index in [9.17, 15) is 14.4 Å². The average Bonchev–Trinajstić information content (AvgIpc) is 3.29. The van der Waals surface area contributed by atoms with Gasteiger partial charge in [-0.2, -0.15) is 4.37 Å². The molecular weight excluding hydrogens is 490 g/mol. The fourth-order valence-corrected chi connectivity index (χ4v) is 5.30. The number of hydrogen-bond donors (Lipinski definition) is 3. The zero-order valence-corrected chi connectivity index (χ0v) is 21.7. The Morgan fingerprint density at radius 3 is 2.27 bits per heavy atom. The molecule has 0 radical (unpaired) electrons. The van der Waals surface area contributed by atoms with Crippen molar-refractivity contribution in [2.45, 2.75) is 51.1 Å². The molecule has 1 fully saturated rings. The SMILES string of the molecule is COc1ccc(C(C(=O)NC2CCCCC2)N(C(=O)c2snc(C(N)=O)c2N)c2ccc(C)cc2)cc1. The number of rotatable bonds is 8. The van der Waals surface area contributed by atoms with E-state index in [1.807, 2.05) is 19.1 Å². The number of amides is 3. The molecule has 0 bridgehead atoms. The Labute approximate surface area is 220 Å². The molecule has 194 valence electrons. The van der Waals surface area contributed by atoms with Gasteiger partial charge in [0.05, 0.1) is 12.8 Å². The van der Waals surface area contributed by atoms with Crippen LogP contribution in [0.3, 0.4) is 0 Å². The number of nitrogens with one attached hydrogen (secondary N) is 1. The molecule has 0 saturated heterocycles. The van der Waals surface area contributed by atoms with Crippen molar-refractivity contribution < 1.29 is 19.1 Å².